The molecule has 0 radical (unpaired) electrons. The van der Waals surface area contributed by atoms with Crippen LogP contribution in [-0.2, 0) is 11.2 Å². The van der Waals surface area contributed by atoms with Crippen LogP contribution in [0.5, 0.6) is 0 Å². The first-order valence-electron chi connectivity index (χ1n) is 0.342. The van der Waals surface area contributed by atoms with Crippen LogP contribution in [0.1, 0.15) is 0 Å². The van der Waals surface area contributed by atoms with E-state index in [0.717, 1.165) is 0 Å². The van der Waals surface area contributed by atoms with Gasteiger partial charge in [0.25, 0.3) is 0 Å². The molecule has 5 heavy (non-hydrogen) atoms. The molecule has 0 aromatic carbocycles. The van der Waals surface area contributed by atoms with Gasteiger partial charge in [0.15, 0.2) is 0 Å². The molecule has 0 atom stereocenters. The Morgan fingerprint density at radius 3 is 1.00 bits per heavy atom. The Hall–Kier alpha value is 1.39. The summed E-state index contributed by atoms with van der Waals surface area (Å²) < 4.78 is 0. The molecule has 0 aromatic rings. The summed E-state index contributed by atoms with van der Waals surface area (Å²) in [5, 5.41) is 0. The van der Waals surface area contributed by atoms with Crippen molar-refractivity contribution in [2.24, 2.45) is 0 Å². The third kappa shape index (κ3) is 32.1. The van der Waals surface area contributed by atoms with Crippen molar-refractivity contribution >= 4 is 30.3 Å². The molecule has 0 bridgehead atoms. The van der Waals surface area contributed by atoms with Gasteiger partial charge in [0.05, 0.1) is 0 Å². The van der Waals surface area contributed by atoms with Gasteiger partial charge in [-0.05, 0) is 0 Å². The van der Waals surface area contributed by atoms with E-state index in [4.69, 9.17) is 30.3 Å². The molecule has 4 heteroatoms. The average Bonchev–Trinajstić information content (AvgIpc) is 0.811. The van der Waals surface area contributed by atoms with Crippen molar-refractivity contribution in [3.63, 3.8) is 0 Å². The minimum absolute atomic E-state index is 0. The Labute approximate surface area is 49.0 Å². The third-order valence-corrected chi connectivity index (χ3v) is 0. The van der Waals surface area contributed by atoms with Gasteiger partial charge in [-0.3, -0.25) is 0 Å². The van der Waals surface area contributed by atoms with Crippen LogP contribution < -0.4 is 0 Å². The first-order valence-corrected chi connectivity index (χ1v) is 4.23. The van der Waals surface area contributed by atoms with E-state index in [0.29, 0.717) is 0 Å². The molecule has 0 aliphatic heterocycles. The fourth-order valence-electron chi connectivity index (χ4n) is 0. The summed E-state index contributed by atoms with van der Waals surface area (Å²) in [7, 11) is 14.5. The van der Waals surface area contributed by atoms with Crippen molar-refractivity contribution in [2.75, 3.05) is 0 Å². The van der Waals surface area contributed by atoms with Gasteiger partial charge in [-0.1, -0.05) is 0 Å². The number of rotatable bonds is 0. The van der Waals surface area contributed by atoms with Crippen LogP contribution in [0.3, 0.4) is 0 Å². The van der Waals surface area contributed by atoms with E-state index in [1.165, 1.54) is 0 Å². The number of hydrogen-bond donors (Lipinski definition) is 0. The molecule has 41 valence electrons. The van der Waals surface area contributed by atoms with E-state index in [-0.39, 0.29) is 7.43 Å². The van der Waals surface area contributed by atoms with E-state index in [9.17, 15) is 0 Å². The van der Waals surface area contributed by atoms with Crippen molar-refractivity contribution in [2.45, 2.75) is 0 Å². The number of halogens is 3. The molecule has 0 rings (SSSR count). The Bertz CT molecular complexity index is 11.6. The number of hydrogen-bond acceptors (Lipinski definition) is 0. The molecule has 0 heterocycles. The molecule has 0 nitrogen and oxygen atoms in total. The van der Waals surface area contributed by atoms with Crippen LogP contribution in [0.2, 0.25) is 0 Å². The van der Waals surface area contributed by atoms with Gasteiger partial charge in [0.2, 0.25) is 0 Å². The summed E-state index contributed by atoms with van der Waals surface area (Å²) >= 11 is -0.896. The maximum atomic E-state index is 4.83. The van der Waals surface area contributed by atoms with Gasteiger partial charge >= 0.3 is 41.5 Å². The second-order valence-electron chi connectivity index (χ2n) is 0.129. The van der Waals surface area contributed by atoms with Crippen LogP contribution in [0.4, 0.5) is 0 Å². The standard InChI is InChI=1S/CH3.3ClH.Cu/h1H3;3*1H;/q-1;;;;+2/p-3. The molecule has 0 aliphatic carbocycles. The Morgan fingerprint density at radius 1 is 1.00 bits per heavy atom. The van der Waals surface area contributed by atoms with E-state index >= 15 is 0 Å². The first-order chi connectivity index (χ1) is 1.73. The van der Waals surface area contributed by atoms with Crippen LogP contribution in [0, 0.1) is 7.43 Å². The Kier molecular flexibility index (Phi) is 10.4. The summed E-state index contributed by atoms with van der Waals surface area (Å²) in [6, 6.07) is 0. The summed E-state index contributed by atoms with van der Waals surface area (Å²) in [6.45, 7) is 0. The van der Waals surface area contributed by atoms with Gasteiger partial charge in [0, 0.05) is 0 Å². The van der Waals surface area contributed by atoms with Gasteiger partial charge in [-0.15, -0.1) is 0 Å². The molecule has 0 aromatic heterocycles. The molecule has 0 unspecified atom stereocenters. The van der Waals surface area contributed by atoms with Gasteiger partial charge in [-0.2, -0.15) is 0 Å². The fraction of sp³-hybridized carbons (Fsp3) is 0. The maximum absolute atomic E-state index is 4.83. The van der Waals surface area contributed by atoms with Crippen molar-refractivity contribution in [3.05, 3.63) is 7.43 Å². The molecular weight excluding hydrogens is 182 g/mol. The quantitative estimate of drug-likeness (QED) is 0.401. The van der Waals surface area contributed by atoms with Gasteiger partial charge in [0.1, 0.15) is 0 Å². The zero-order chi connectivity index (χ0) is 3.58. The summed E-state index contributed by atoms with van der Waals surface area (Å²) in [6.07, 6.45) is 0. The fourth-order valence-corrected chi connectivity index (χ4v) is 0. The van der Waals surface area contributed by atoms with E-state index in [1.807, 2.05) is 0 Å². The van der Waals surface area contributed by atoms with Crippen molar-refractivity contribution < 1.29 is 11.2 Å². The van der Waals surface area contributed by atoms with Crippen LogP contribution in [0.25, 0.3) is 0 Å². The molecule has 0 fully saturated rings. The van der Waals surface area contributed by atoms with Crippen LogP contribution in [-0.4, -0.2) is 0 Å². The third-order valence-electron chi connectivity index (χ3n) is 0. The molecule has 0 amide bonds. The second-order valence-corrected chi connectivity index (χ2v) is 4.80. The van der Waals surface area contributed by atoms with Crippen molar-refractivity contribution in [1.29, 1.82) is 0 Å². The predicted octanol–water partition coefficient (Wildman–Crippen LogP) is 2.52. The molecule has 0 saturated heterocycles. The normalized spacial score (nSPS) is 9.00. The molecule has 0 spiro atoms. The summed E-state index contributed by atoms with van der Waals surface area (Å²) in [4.78, 5) is 0. The predicted molar refractivity (Wildman–Crippen MR) is 24.0 cm³/mol. The van der Waals surface area contributed by atoms with Crippen LogP contribution in [0.15, 0.2) is 0 Å². The van der Waals surface area contributed by atoms with E-state index < -0.39 is 11.2 Å². The monoisotopic (exact) mass is 183 g/mol. The van der Waals surface area contributed by atoms with Crippen molar-refractivity contribution in [1.82, 2.24) is 0 Å². The van der Waals surface area contributed by atoms with Gasteiger partial charge in [-0.25, -0.2) is 0 Å². The zero-order valence-corrected chi connectivity index (χ0v) is 5.64. The minimum atomic E-state index is -0.896. The first kappa shape index (κ1) is 9.63. The summed E-state index contributed by atoms with van der Waals surface area (Å²) in [5.74, 6) is 0. The van der Waals surface area contributed by atoms with Crippen molar-refractivity contribution in [3.8, 4) is 0 Å². The van der Waals surface area contributed by atoms with E-state index in [2.05, 4.69) is 0 Å². The Morgan fingerprint density at radius 2 is 1.00 bits per heavy atom. The van der Waals surface area contributed by atoms with Crippen LogP contribution >= 0.6 is 30.3 Å². The second kappa shape index (κ2) is 5.39. The SMILES string of the molecule is [CH3-].[Cl][Cu-]([Cl])[Cl]. The topological polar surface area (TPSA) is 0 Å². The zero-order valence-electron chi connectivity index (χ0n) is 2.44. The molecular formula is CH3Cl3Cu-2. The van der Waals surface area contributed by atoms with E-state index in [1.54, 1.807) is 0 Å². The molecule has 0 N–H and O–H groups in total. The summed E-state index contributed by atoms with van der Waals surface area (Å²) in [5.41, 5.74) is 0. The molecule has 0 saturated carbocycles. The Balaban J connectivity index is 0. The van der Waals surface area contributed by atoms with Gasteiger partial charge < -0.3 is 7.43 Å². The average molecular weight is 185 g/mol. The molecule has 0 aliphatic rings.